The number of rotatable bonds is 8. The van der Waals surface area contributed by atoms with Crippen LogP contribution in [0.25, 0.3) is 0 Å². The van der Waals surface area contributed by atoms with Crippen molar-refractivity contribution in [2.75, 3.05) is 26.7 Å². The highest BCUT2D eigenvalue weighted by atomic mass is 16.5. The quantitative estimate of drug-likeness (QED) is 0.646. The lowest BCUT2D eigenvalue weighted by Crippen LogP contribution is -2.35. The van der Waals surface area contributed by atoms with Crippen LogP contribution in [-0.2, 0) is 6.54 Å². The molecule has 0 unspecified atom stereocenters. The van der Waals surface area contributed by atoms with Crippen LogP contribution < -0.4 is 20.7 Å². The van der Waals surface area contributed by atoms with Crippen molar-refractivity contribution >= 4 is 6.03 Å². The Morgan fingerprint density at radius 1 is 1.17 bits per heavy atom. The molecule has 23 heavy (non-hydrogen) atoms. The molecule has 0 atom stereocenters. The number of benzene rings is 1. The van der Waals surface area contributed by atoms with Crippen molar-refractivity contribution in [2.45, 2.75) is 38.6 Å². The van der Waals surface area contributed by atoms with Gasteiger partial charge in [0.25, 0.3) is 0 Å². The molecule has 0 radical (unpaired) electrons. The molecule has 0 saturated carbocycles. The highest BCUT2D eigenvalue weighted by Crippen LogP contribution is 2.18. The van der Waals surface area contributed by atoms with Gasteiger partial charge in [0.1, 0.15) is 5.75 Å². The third kappa shape index (κ3) is 6.91. The van der Waals surface area contributed by atoms with E-state index in [0.717, 1.165) is 43.3 Å². The molecular formula is C18H29N3O2. The van der Waals surface area contributed by atoms with Crippen LogP contribution in [0.2, 0.25) is 0 Å². The number of carbonyl (C=O) groups is 1. The van der Waals surface area contributed by atoms with Crippen LogP contribution in [0, 0.1) is 5.92 Å². The van der Waals surface area contributed by atoms with Gasteiger partial charge in [-0.1, -0.05) is 25.0 Å². The first-order chi connectivity index (χ1) is 11.3. The van der Waals surface area contributed by atoms with Gasteiger partial charge in [-0.2, -0.15) is 0 Å². The summed E-state index contributed by atoms with van der Waals surface area (Å²) in [6.45, 7) is 3.61. The van der Waals surface area contributed by atoms with E-state index in [9.17, 15) is 4.79 Å². The zero-order valence-corrected chi connectivity index (χ0v) is 14.1. The maximum atomic E-state index is 11.7. The molecule has 1 aliphatic heterocycles. The Morgan fingerprint density at radius 3 is 2.61 bits per heavy atom. The SMILES string of the molecule is COc1ccc(CNC(=O)NCCCCC2CCNCC2)cc1. The van der Waals surface area contributed by atoms with Gasteiger partial charge < -0.3 is 20.7 Å². The van der Waals surface area contributed by atoms with E-state index < -0.39 is 0 Å². The number of carbonyl (C=O) groups excluding carboxylic acids is 1. The Morgan fingerprint density at radius 2 is 1.91 bits per heavy atom. The average molecular weight is 319 g/mol. The molecule has 5 nitrogen and oxygen atoms in total. The largest absolute Gasteiger partial charge is 0.497 e. The van der Waals surface area contributed by atoms with Crippen molar-refractivity contribution in [2.24, 2.45) is 5.92 Å². The van der Waals surface area contributed by atoms with E-state index in [1.807, 2.05) is 24.3 Å². The second-order valence-corrected chi connectivity index (χ2v) is 6.15. The van der Waals surface area contributed by atoms with Crippen molar-refractivity contribution in [1.82, 2.24) is 16.0 Å². The number of amides is 2. The Labute approximate surface area is 139 Å². The molecule has 0 aliphatic carbocycles. The van der Waals surface area contributed by atoms with Gasteiger partial charge in [0.15, 0.2) is 0 Å². The third-order valence-electron chi connectivity index (χ3n) is 4.40. The smallest absolute Gasteiger partial charge is 0.315 e. The first kappa shape index (κ1) is 17.6. The van der Waals surface area contributed by atoms with Crippen LogP contribution in [0.15, 0.2) is 24.3 Å². The van der Waals surface area contributed by atoms with Crippen LogP contribution >= 0.6 is 0 Å². The van der Waals surface area contributed by atoms with Crippen molar-refractivity contribution < 1.29 is 9.53 Å². The summed E-state index contributed by atoms with van der Waals surface area (Å²) >= 11 is 0. The zero-order valence-electron chi connectivity index (χ0n) is 14.1. The lowest BCUT2D eigenvalue weighted by atomic mass is 9.92. The van der Waals surface area contributed by atoms with Gasteiger partial charge in [0.05, 0.1) is 7.11 Å². The van der Waals surface area contributed by atoms with E-state index in [4.69, 9.17) is 4.74 Å². The first-order valence-corrected chi connectivity index (χ1v) is 8.63. The van der Waals surface area contributed by atoms with E-state index in [1.54, 1.807) is 7.11 Å². The maximum absolute atomic E-state index is 11.7. The van der Waals surface area contributed by atoms with E-state index >= 15 is 0 Å². The van der Waals surface area contributed by atoms with Gasteiger partial charge in [-0.3, -0.25) is 0 Å². The molecule has 1 heterocycles. The van der Waals surface area contributed by atoms with Gasteiger partial charge in [-0.15, -0.1) is 0 Å². The summed E-state index contributed by atoms with van der Waals surface area (Å²) in [5.74, 6) is 1.70. The molecule has 128 valence electrons. The first-order valence-electron chi connectivity index (χ1n) is 8.63. The van der Waals surface area contributed by atoms with Crippen LogP contribution in [0.5, 0.6) is 5.75 Å². The summed E-state index contributed by atoms with van der Waals surface area (Å²) < 4.78 is 5.11. The minimum Gasteiger partial charge on any atom is -0.497 e. The van der Waals surface area contributed by atoms with Crippen molar-refractivity contribution in [3.8, 4) is 5.75 Å². The summed E-state index contributed by atoms with van der Waals surface area (Å²) in [5, 5.41) is 9.20. The van der Waals surface area contributed by atoms with Gasteiger partial charge >= 0.3 is 6.03 Å². The molecule has 3 N–H and O–H groups in total. The summed E-state index contributed by atoms with van der Waals surface area (Å²) in [5.41, 5.74) is 1.06. The van der Waals surface area contributed by atoms with Crippen LogP contribution in [0.3, 0.4) is 0 Å². The number of hydrogen-bond donors (Lipinski definition) is 3. The maximum Gasteiger partial charge on any atom is 0.315 e. The van der Waals surface area contributed by atoms with Gasteiger partial charge in [0.2, 0.25) is 0 Å². The third-order valence-corrected chi connectivity index (χ3v) is 4.40. The van der Waals surface area contributed by atoms with Gasteiger partial charge in [-0.05, 0) is 56.0 Å². The molecule has 1 aliphatic rings. The van der Waals surface area contributed by atoms with Crippen molar-refractivity contribution in [3.63, 3.8) is 0 Å². The Balaban J connectivity index is 1.50. The molecule has 1 fully saturated rings. The molecule has 2 amide bonds. The number of hydrogen-bond acceptors (Lipinski definition) is 3. The van der Waals surface area contributed by atoms with E-state index in [-0.39, 0.29) is 6.03 Å². The molecule has 0 spiro atoms. The van der Waals surface area contributed by atoms with Crippen LogP contribution in [0.4, 0.5) is 4.79 Å². The average Bonchev–Trinajstić information content (AvgIpc) is 2.61. The number of methoxy groups -OCH3 is 1. The summed E-state index contributed by atoms with van der Waals surface area (Å²) in [6.07, 6.45) is 6.14. The van der Waals surface area contributed by atoms with Gasteiger partial charge in [0, 0.05) is 13.1 Å². The van der Waals surface area contributed by atoms with E-state index in [2.05, 4.69) is 16.0 Å². The molecule has 0 aromatic heterocycles. The molecule has 0 bridgehead atoms. The minimum atomic E-state index is -0.0947. The zero-order chi connectivity index (χ0) is 16.3. The second-order valence-electron chi connectivity index (χ2n) is 6.15. The summed E-state index contributed by atoms with van der Waals surface area (Å²) in [4.78, 5) is 11.7. The lowest BCUT2D eigenvalue weighted by molar-refractivity contribution is 0.240. The number of nitrogens with one attached hydrogen (secondary N) is 3. The fraction of sp³-hybridized carbons (Fsp3) is 0.611. The second kappa shape index (κ2) is 10.1. The molecule has 1 aromatic carbocycles. The lowest BCUT2D eigenvalue weighted by Gasteiger charge is -2.22. The fourth-order valence-electron chi connectivity index (χ4n) is 2.92. The minimum absolute atomic E-state index is 0.0947. The monoisotopic (exact) mass is 319 g/mol. The van der Waals surface area contributed by atoms with Gasteiger partial charge in [-0.25, -0.2) is 4.79 Å². The standard InChI is InChI=1S/C18H29N3O2/c1-23-17-7-5-16(6-8-17)14-21-18(22)20-11-3-2-4-15-9-12-19-13-10-15/h5-8,15,19H,2-4,9-14H2,1H3,(H2,20,21,22). The predicted molar refractivity (Wildman–Crippen MR) is 92.7 cm³/mol. The van der Waals surface area contributed by atoms with Crippen LogP contribution in [0.1, 0.15) is 37.7 Å². The van der Waals surface area contributed by atoms with Crippen molar-refractivity contribution in [3.05, 3.63) is 29.8 Å². The highest BCUT2D eigenvalue weighted by molar-refractivity contribution is 5.73. The van der Waals surface area contributed by atoms with E-state index in [0.29, 0.717) is 6.54 Å². The van der Waals surface area contributed by atoms with E-state index in [1.165, 1.54) is 25.7 Å². The highest BCUT2D eigenvalue weighted by Gasteiger charge is 2.11. The number of piperidine rings is 1. The summed E-state index contributed by atoms with van der Waals surface area (Å²) in [7, 11) is 1.64. The number of urea groups is 1. The Hall–Kier alpha value is -1.75. The fourth-order valence-corrected chi connectivity index (χ4v) is 2.92. The molecule has 1 saturated heterocycles. The van der Waals surface area contributed by atoms with Crippen LogP contribution in [-0.4, -0.2) is 32.8 Å². The number of unbranched alkanes of at least 4 members (excludes halogenated alkanes) is 1. The molecule has 2 rings (SSSR count). The Bertz CT molecular complexity index is 456. The topological polar surface area (TPSA) is 62.4 Å². The Kier molecular flexibility index (Phi) is 7.73. The molecule has 5 heteroatoms. The molecular weight excluding hydrogens is 290 g/mol. The normalized spacial score (nSPS) is 15.2. The van der Waals surface area contributed by atoms with Crippen molar-refractivity contribution in [1.29, 1.82) is 0 Å². The number of ether oxygens (including phenoxy) is 1. The summed E-state index contributed by atoms with van der Waals surface area (Å²) in [6, 6.07) is 7.62. The molecule has 1 aromatic rings. The predicted octanol–water partition coefficient (Wildman–Crippen LogP) is 2.66.